The van der Waals surface area contributed by atoms with E-state index in [1.165, 1.54) is 11.2 Å². The normalized spacial score (nSPS) is 17.0. The molecule has 1 saturated heterocycles. The van der Waals surface area contributed by atoms with Gasteiger partial charge in [0.15, 0.2) is 23.1 Å². The number of carbonyl (C=O) groups is 1. The van der Waals surface area contributed by atoms with Gasteiger partial charge in [0.05, 0.1) is 55.2 Å². The van der Waals surface area contributed by atoms with Crippen molar-refractivity contribution in [3.8, 4) is 11.6 Å². The second-order valence-corrected chi connectivity index (χ2v) is 9.98. The number of fused-ring (bicyclic) bond motifs is 3. The van der Waals surface area contributed by atoms with Gasteiger partial charge in [-0.3, -0.25) is 9.88 Å². The second-order valence-electron chi connectivity index (χ2n) is 9.58. The number of imidazole rings is 1. The second kappa shape index (κ2) is 10.8. The first-order valence-corrected chi connectivity index (χ1v) is 13.3. The zero-order chi connectivity index (χ0) is 28.7. The number of hydrogen-bond acceptors (Lipinski definition) is 10. The number of pyridine rings is 1. The van der Waals surface area contributed by atoms with E-state index >= 15 is 0 Å². The first kappa shape index (κ1) is 26.7. The van der Waals surface area contributed by atoms with E-state index in [4.69, 9.17) is 16.3 Å². The predicted molar refractivity (Wildman–Crippen MR) is 151 cm³/mol. The number of nitrogens with one attached hydrogen (secondary N) is 2. The molecule has 4 N–H and O–H groups in total. The number of amides is 2. The maximum Gasteiger partial charge on any atom is 0.323 e. The van der Waals surface area contributed by atoms with Gasteiger partial charge in [-0.05, 0) is 24.6 Å². The number of aryl methyl sites for hydroxylation is 1. The highest BCUT2D eigenvalue weighted by atomic mass is 35.5. The number of halogens is 1. The van der Waals surface area contributed by atoms with Crippen LogP contribution in [-0.4, -0.2) is 88.1 Å². The van der Waals surface area contributed by atoms with E-state index in [2.05, 4.69) is 35.9 Å². The molecule has 6 rings (SSSR count). The molecule has 0 spiro atoms. The highest BCUT2D eigenvalue weighted by Crippen LogP contribution is 2.32. The van der Waals surface area contributed by atoms with Crippen LogP contribution in [0.1, 0.15) is 12.5 Å². The van der Waals surface area contributed by atoms with Gasteiger partial charge in [0.25, 0.3) is 0 Å². The summed E-state index contributed by atoms with van der Waals surface area (Å²) in [5, 5.41) is 41.8. The average molecular weight is 579 g/mol. The summed E-state index contributed by atoms with van der Waals surface area (Å²) in [6, 6.07) is 5.08. The van der Waals surface area contributed by atoms with Crippen LogP contribution in [0.2, 0.25) is 5.02 Å². The summed E-state index contributed by atoms with van der Waals surface area (Å²) < 4.78 is 8.70. The quantitative estimate of drug-likeness (QED) is 0.225. The number of aromatic nitrogens is 7. The number of carbonyl (C=O) groups excluding carboxylic acids is 1. The molecule has 1 aromatic carbocycles. The smallest absolute Gasteiger partial charge is 0.323 e. The van der Waals surface area contributed by atoms with Crippen LogP contribution < -0.4 is 15.4 Å². The highest BCUT2D eigenvalue weighted by Gasteiger charge is 2.32. The van der Waals surface area contributed by atoms with Crippen LogP contribution in [0.25, 0.3) is 27.6 Å². The molecule has 5 aromatic rings. The van der Waals surface area contributed by atoms with Gasteiger partial charge in [-0.2, -0.15) is 5.10 Å². The fraction of sp³-hybridized carbons (Fsp3) is 0.308. The van der Waals surface area contributed by atoms with Crippen molar-refractivity contribution >= 4 is 51.1 Å². The van der Waals surface area contributed by atoms with Gasteiger partial charge in [0, 0.05) is 30.1 Å². The molecule has 5 heterocycles. The van der Waals surface area contributed by atoms with Gasteiger partial charge in [-0.1, -0.05) is 17.7 Å². The maximum absolute atomic E-state index is 12.6. The number of ether oxygens (including phenoxy) is 1. The van der Waals surface area contributed by atoms with Crippen LogP contribution in [0.15, 0.2) is 43.1 Å². The molecule has 0 aliphatic carbocycles. The van der Waals surface area contributed by atoms with Crippen LogP contribution in [0.5, 0.6) is 5.75 Å². The minimum Gasteiger partial charge on any atom is -0.495 e. The van der Waals surface area contributed by atoms with Crippen LogP contribution >= 0.6 is 11.6 Å². The Bertz CT molecular complexity index is 1750. The van der Waals surface area contributed by atoms with Gasteiger partial charge in [0.1, 0.15) is 12.1 Å². The van der Waals surface area contributed by atoms with Gasteiger partial charge in [0.2, 0.25) is 0 Å². The predicted octanol–water partition coefficient (Wildman–Crippen LogP) is 2.42. The van der Waals surface area contributed by atoms with E-state index in [1.807, 2.05) is 25.1 Å². The number of aliphatic hydroxyl groups excluding tert-OH is 2. The molecule has 212 valence electrons. The molecule has 2 atom stereocenters. The molecule has 1 aliphatic rings. The molecule has 0 bridgehead atoms. The highest BCUT2D eigenvalue weighted by molar-refractivity contribution is 6.32. The number of anilines is 2. The third kappa shape index (κ3) is 4.96. The molecule has 0 radical (unpaired) electrons. The zero-order valence-corrected chi connectivity index (χ0v) is 22.9. The van der Waals surface area contributed by atoms with E-state index in [0.29, 0.717) is 46.5 Å². The van der Waals surface area contributed by atoms with Crippen molar-refractivity contribution in [2.24, 2.45) is 0 Å². The summed E-state index contributed by atoms with van der Waals surface area (Å²) in [6.45, 7) is 3.14. The fourth-order valence-corrected chi connectivity index (χ4v) is 5.11. The van der Waals surface area contributed by atoms with E-state index in [1.54, 1.807) is 34.9 Å². The van der Waals surface area contributed by atoms with Crippen LogP contribution in [0, 0.1) is 0 Å². The van der Waals surface area contributed by atoms with Crippen LogP contribution in [0.4, 0.5) is 16.4 Å². The molecule has 14 nitrogen and oxygen atoms in total. The number of hydrogen-bond donors (Lipinski definition) is 4. The Balaban J connectivity index is 1.34. The van der Waals surface area contributed by atoms with Crippen molar-refractivity contribution < 1.29 is 19.7 Å². The lowest BCUT2D eigenvalue weighted by Gasteiger charge is -2.15. The van der Waals surface area contributed by atoms with Crippen LogP contribution in [0.3, 0.4) is 0 Å². The Morgan fingerprint density at radius 1 is 1.15 bits per heavy atom. The number of rotatable bonds is 7. The SMILES string of the molecule is CCn1ncc2c3c(NCc4ccc(OC)c(Cl)c4)nnc(-n4cnc(NC(=O)N5C[C@@H](O)[C@@H](O)C5)c4)c3cnc21. The maximum atomic E-state index is 12.6. The molecule has 1 aliphatic heterocycles. The van der Waals surface area contributed by atoms with Gasteiger partial charge >= 0.3 is 6.03 Å². The summed E-state index contributed by atoms with van der Waals surface area (Å²) in [7, 11) is 1.57. The Morgan fingerprint density at radius 2 is 1.95 bits per heavy atom. The van der Waals surface area contributed by atoms with Crippen molar-refractivity contribution in [3.05, 3.63) is 53.7 Å². The summed E-state index contributed by atoms with van der Waals surface area (Å²) >= 11 is 6.32. The van der Waals surface area contributed by atoms with Crippen molar-refractivity contribution in [1.82, 2.24) is 39.4 Å². The van der Waals surface area contributed by atoms with Gasteiger partial charge in [-0.25, -0.2) is 19.4 Å². The Labute approximate surface area is 238 Å². The number of methoxy groups -OCH3 is 1. The third-order valence-electron chi connectivity index (χ3n) is 6.97. The number of aliphatic hydroxyl groups is 2. The largest absolute Gasteiger partial charge is 0.495 e. The van der Waals surface area contributed by atoms with E-state index < -0.39 is 18.2 Å². The van der Waals surface area contributed by atoms with Gasteiger partial charge < -0.3 is 25.2 Å². The number of β-amino-alcohol motifs (C(OH)–C–C–N with tert-alkyl or cyclic N) is 2. The molecule has 41 heavy (non-hydrogen) atoms. The van der Waals surface area contributed by atoms with Crippen molar-refractivity contribution in [2.75, 3.05) is 30.8 Å². The van der Waals surface area contributed by atoms with E-state index in [0.717, 1.165) is 16.3 Å². The number of nitrogens with zero attached hydrogens (tertiary/aromatic N) is 8. The molecular weight excluding hydrogens is 552 g/mol. The zero-order valence-electron chi connectivity index (χ0n) is 22.2. The summed E-state index contributed by atoms with van der Waals surface area (Å²) in [6.07, 6.45) is 4.64. The first-order chi connectivity index (χ1) is 19.9. The number of likely N-dealkylation sites (tertiary alicyclic amines) is 1. The number of benzene rings is 1. The lowest BCUT2D eigenvalue weighted by Crippen LogP contribution is -2.34. The summed E-state index contributed by atoms with van der Waals surface area (Å²) in [5.74, 6) is 1.86. The molecular formula is C26H27ClN10O4. The standard InChI is InChI=1S/C26H27ClN10O4/c1-3-37-24-16(9-31-37)22-15(8-29-24)25(34-33-23(22)28-7-14-4-5-20(41-2)17(27)6-14)36-12-21(30-13-36)32-26(40)35-10-18(38)19(39)11-35/h4-6,8-9,12-13,18-19,38-39H,3,7,10-11H2,1-2H3,(H,28,33)(H,32,40)/t18-,19+. The van der Waals surface area contributed by atoms with Crippen molar-refractivity contribution in [2.45, 2.75) is 32.2 Å². The molecule has 15 heteroatoms. The summed E-state index contributed by atoms with van der Waals surface area (Å²) in [4.78, 5) is 22.9. The van der Waals surface area contributed by atoms with E-state index in [-0.39, 0.29) is 18.9 Å². The number of urea groups is 1. The first-order valence-electron chi connectivity index (χ1n) is 12.9. The lowest BCUT2D eigenvalue weighted by molar-refractivity contribution is 0.0572. The molecule has 0 unspecified atom stereocenters. The molecule has 4 aromatic heterocycles. The van der Waals surface area contributed by atoms with Crippen molar-refractivity contribution in [1.29, 1.82) is 0 Å². The lowest BCUT2D eigenvalue weighted by atomic mass is 10.1. The third-order valence-corrected chi connectivity index (χ3v) is 7.27. The van der Waals surface area contributed by atoms with Gasteiger partial charge in [-0.15, -0.1) is 10.2 Å². The van der Waals surface area contributed by atoms with E-state index in [9.17, 15) is 15.0 Å². The Morgan fingerprint density at radius 3 is 2.68 bits per heavy atom. The van der Waals surface area contributed by atoms with Crippen LogP contribution in [-0.2, 0) is 13.1 Å². The monoisotopic (exact) mass is 578 g/mol. The molecule has 0 saturated carbocycles. The Hall–Kier alpha value is -4.53. The van der Waals surface area contributed by atoms with Crippen molar-refractivity contribution in [3.63, 3.8) is 0 Å². The molecule has 2 amide bonds. The Kier molecular flexibility index (Phi) is 7.03. The average Bonchev–Trinajstić information content (AvgIpc) is 3.70. The minimum atomic E-state index is -0.977. The minimum absolute atomic E-state index is 0.0358. The topological polar surface area (TPSA) is 168 Å². The fourth-order valence-electron chi connectivity index (χ4n) is 4.83. The summed E-state index contributed by atoms with van der Waals surface area (Å²) in [5.41, 5.74) is 1.64. The molecule has 1 fully saturated rings.